The number of halogens is 2. The number of rotatable bonds is 3. The van der Waals surface area contributed by atoms with Crippen LogP contribution in [0.25, 0.3) is 0 Å². The molecular formula is C15H20BrClN2O. The van der Waals surface area contributed by atoms with Gasteiger partial charge in [-0.2, -0.15) is 0 Å². The Hall–Kier alpha value is -0.580. The van der Waals surface area contributed by atoms with Gasteiger partial charge < -0.3 is 10.2 Å². The van der Waals surface area contributed by atoms with E-state index >= 15 is 0 Å². The summed E-state index contributed by atoms with van der Waals surface area (Å²) in [5.41, 5.74) is 0.535. The zero-order valence-corrected chi connectivity index (χ0v) is 14.2. The lowest BCUT2D eigenvalue weighted by Crippen LogP contribution is -2.46. The van der Waals surface area contributed by atoms with Crippen molar-refractivity contribution in [2.75, 3.05) is 13.1 Å². The highest BCUT2D eigenvalue weighted by atomic mass is 79.9. The Labute approximate surface area is 133 Å². The maximum absolute atomic E-state index is 12.3. The van der Waals surface area contributed by atoms with E-state index in [0.717, 1.165) is 30.4 Å². The van der Waals surface area contributed by atoms with Crippen LogP contribution in [0.15, 0.2) is 22.7 Å². The van der Waals surface area contributed by atoms with Crippen LogP contribution in [0.1, 0.15) is 37.0 Å². The van der Waals surface area contributed by atoms with E-state index in [-0.39, 0.29) is 11.9 Å². The Balaban J connectivity index is 1.94. The first kappa shape index (κ1) is 15.8. The van der Waals surface area contributed by atoms with Crippen molar-refractivity contribution in [3.8, 4) is 0 Å². The third-order valence-electron chi connectivity index (χ3n) is 3.77. The molecule has 1 fully saturated rings. The second-order valence-electron chi connectivity index (χ2n) is 5.50. The van der Waals surface area contributed by atoms with Crippen molar-refractivity contribution in [3.05, 3.63) is 33.3 Å². The van der Waals surface area contributed by atoms with Gasteiger partial charge in [-0.3, -0.25) is 4.79 Å². The van der Waals surface area contributed by atoms with Gasteiger partial charge in [0.25, 0.3) is 5.91 Å². The standard InChI is InChI=1S/C15H20BrClN2O/c1-10(2)19-7-5-12(6-8-19)18-15(20)13-9-11(16)3-4-14(13)17/h3-4,9-10,12H,5-8H2,1-2H3,(H,18,20). The molecule has 1 amide bonds. The number of benzene rings is 1. The molecule has 2 rings (SSSR count). The molecule has 0 spiro atoms. The van der Waals surface area contributed by atoms with Crippen LogP contribution in [0.4, 0.5) is 0 Å². The Bertz CT molecular complexity index is 485. The van der Waals surface area contributed by atoms with Gasteiger partial charge in [-0.15, -0.1) is 0 Å². The molecule has 20 heavy (non-hydrogen) atoms. The molecule has 0 aliphatic carbocycles. The molecule has 0 saturated carbocycles. The first-order valence-corrected chi connectivity index (χ1v) is 8.14. The monoisotopic (exact) mass is 358 g/mol. The van der Waals surface area contributed by atoms with E-state index < -0.39 is 0 Å². The molecule has 1 aromatic carbocycles. The summed E-state index contributed by atoms with van der Waals surface area (Å²) in [5, 5.41) is 3.58. The molecule has 1 aliphatic rings. The topological polar surface area (TPSA) is 32.3 Å². The highest BCUT2D eigenvalue weighted by Crippen LogP contribution is 2.21. The van der Waals surface area contributed by atoms with Gasteiger partial charge in [-0.25, -0.2) is 0 Å². The number of amides is 1. The summed E-state index contributed by atoms with van der Waals surface area (Å²) in [4.78, 5) is 14.7. The summed E-state index contributed by atoms with van der Waals surface area (Å²) >= 11 is 9.45. The average Bonchev–Trinajstić information content (AvgIpc) is 2.42. The summed E-state index contributed by atoms with van der Waals surface area (Å²) < 4.78 is 0.863. The minimum absolute atomic E-state index is 0.0840. The number of nitrogens with one attached hydrogen (secondary N) is 1. The Morgan fingerprint density at radius 1 is 1.40 bits per heavy atom. The Kier molecular flexibility index (Phi) is 5.47. The summed E-state index contributed by atoms with van der Waals surface area (Å²) in [5.74, 6) is -0.0840. The van der Waals surface area contributed by atoms with Gasteiger partial charge in [0.1, 0.15) is 0 Å². The van der Waals surface area contributed by atoms with Gasteiger partial charge in [-0.1, -0.05) is 27.5 Å². The van der Waals surface area contributed by atoms with Gasteiger partial charge in [0.2, 0.25) is 0 Å². The molecule has 110 valence electrons. The lowest BCUT2D eigenvalue weighted by molar-refractivity contribution is 0.0901. The highest BCUT2D eigenvalue weighted by Gasteiger charge is 2.23. The smallest absolute Gasteiger partial charge is 0.253 e. The van der Waals surface area contributed by atoms with E-state index in [1.165, 1.54) is 0 Å². The first-order valence-electron chi connectivity index (χ1n) is 6.97. The van der Waals surface area contributed by atoms with Gasteiger partial charge in [-0.05, 0) is 44.9 Å². The lowest BCUT2D eigenvalue weighted by Gasteiger charge is -2.34. The number of carbonyl (C=O) groups is 1. The molecule has 0 aromatic heterocycles. The number of carbonyl (C=O) groups excluding carboxylic acids is 1. The van der Waals surface area contributed by atoms with E-state index in [0.29, 0.717) is 16.6 Å². The fourth-order valence-corrected chi connectivity index (χ4v) is 3.06. The molecule has 1 aliphatic heterocycles. The van der Waals surface area contributed by atoms with Crippen LogP contribution in [0, 0.1) is 0 Å². The molecular weight excluding hydrogens is 340 g/mol. The largest absolute Gasteiger partial charge is 0.349 e. The SMILES string of the molecule is CC(C)N1CCC(NC(=O)c2cc(Br)ccc2Cl)CC1. The molecule has 0 unspecified atom stereocenters. The Morgan fingerprint density at radius 3 is 2.65 bits per heavy atom. The van der Waals surface area contributed by atoms with Crippen molar-refractivity contribution in [2.24, 2.45) is 0 Å². The summed E-state index contributed by atoms with van der Waals surface area (Å²) in [6, 6.07) is 6.15. The second-order valence-corrected chi connectivity index (χ2v) is 6.82. The van der Waals surface area contributed by atoms with Crippen LogP contribution in [0.2, 0.25) is 5.02 Å². The van der Waals surface area contributed by atoms with Crippen LogP contribution in [0.3, 0.4) is 0 Å². The van der Waals surface area contributed by atoms with Gasteiger partial charge >= 0.3 is 0 Å². The van der Waals surface area contributed by atoms with Crippen LogP contribution in [0.5, 0.6) is 0 Å². The van der Waals surface area contributed by atoms with E-state index in [1.807, 2.05) is 6.07 Å². The molecule has 0 radical (unpaired) electrons. The molecule has 5 heteroatoms. The van der Waals surface area contributed by atoms with Crippen molar-refractivity contribution >= 4 is 33.4 Å². The Morgan fingerprint density at radius 2 is 2.05 bits per heavy atom. The van der Waals surface area contributed by atoms with Crippen molar-refractivity contribution in [2.45, 2.75) is 38.8 Å². The second kappa shape index (κ2) is 6.92. The molecule has 1 aromatic rings. The summed E-state index contributed by atoms with van der Waals surface area (Å²) in [6.45, 7) is 6.49. The third-order valence-corrected chi connectivity index (χ3v) is 4.59. The minimum Gasteiger partial charge on any atom is -0.349 e. The molecule has 3 nitrogen and oxygen atoms in total. The number of likely N-dealkylation sites (tertiary alicyclic amines) is 1. The predicted molar refractivity (Wildman–Crippen MR) is 86.3 cm³/mol. The van der Waals surface area contributed by atoms with Crippen molar-refractivity contribution in [1.82, 2.24) is 10.2 Å². The van der Waals surface area contributed by atoms with Crippen LogP contribution in [-0.4, -0.2) is 36.0 Å². The third kappa shape index (κ3) is 3.96. The van der Waals surface area contributed by atoms with Crippen LogP contribution >= 0.6 is 27.5 Å². The van der Waals surface area contributed by atoms with Crippen LogP contribution in [-0.2, 0) is 0 Å². The molecule has 1 heterocycles. The zero-order valence-electron chi connectivity index (χ0n) is 11.8. The van der Waals surface area contributed by atoms with Gasteiger partial charge in [0.15, 0.2) is 0 Å². The molecule has 1 saturated heterocycles. The average molecular weight is 360 g/mol. The van der Waals surface area contributed by atoms with Gasteiger partial charge in [0.05, 0.1) is 10.6 Å². The predicted octanol–water partition coefficient (Wildman–Crippen LogP) is 3.71. The first-order chi connectivity index (χ1) is 9.47. The van der Waals surface area contributed by atoms with Crippen molar-refractivity contribution in [3.63, 3.8) is 0 Å². The number of piperidine rings is 1. The zero-order chi connectivity index (χ0) is 14.7. The fourth-order valence-electron chi connectivity index (χ4n) is 2.49. The van der Waals surface area contributed by atoms with Crippen LogP contribution < -0.4 is 5.32 Å². The lowest BCUT2D eigenvalue weighted by atomic mass is 10.0. The fraction of sp³-hybridized carbons (Fsp3) is 0.533. The number of nitrogens with zero attached hydrogens (tertiary/aromatic N) is 1. The summed E-state index contributed by atoms with van der Waals surface area (Å²) in [7, 11) is 0. The van der Waals surface area contributed by atoms with Crippen molar-refractivity contribution in [1.29, 1.82) is 0 Å². The molecule has 1 N–H and O–H groups in total. The van der Waals surface area contributed by atoms with E-state index in [4.69, 9.17) is 11.6 Å². The molecule has 0 bridgehead atoms. The maximum Gasteiger partial charge on any atom is 0.253 e. The molecule has 0 atom stereocenters. The van der Waals surface area contributed by atoms with Crippen molar-refractivity contribution < 1.29 is 4.79 Å². The number of hydrogen-bond donors (Lipinski definition) is 1. The van der Waals surface area contributed by atoms with Gasteiger partial charge in [0, 0.05) is 29.6 Å². The highest BCUT2D eigenvalue weighted by molar-refractivity contribution is 9.10. The quantitative estimate of drug-likeness (QED) is 0.892. The van der Waals surface area contributed by atoms with E-state index in [9.17, 15) is 4.79 Å². The summed E-state index contributed by atoms with van der Waals surface area (Å²) in [6.07, 6.45) is 1.99. The number of hydrogen-bond acceptors (Lipinski definition) is 2. The maximum atomic E-state index is 12.3. The van der Waals surface area contributed by atoms with E-state index in [1.54, 1.807) is 12.1 Å². The minimum atomic E-state index is -0.0840. The normalized spacial score (nSPS) is 17.4. The van der Waals surface area contributed by atoms with E-state index in [2.05, 4.69) is 40.0 Å².